The predicted octanol–water partition coefficient (Wildman–Crippen LogP) is 3.47. The SMILES string of the molecule is O=C(c1cn(CC=Cc2ccccc2)nn1)N1CCCN(C2CCCCC2)CC1. The van der Waals surface area contributed by atoms with Crippen molar-refractivity contribution in [1.29, 1.82) is 0 Å². The van der Waals surface area contributed by atoms with Crippen molar-refractivity contribution in [3.63, 3.8) is 0 Å². The van der Waals surface area contributed by atoms with Crippen molar-refractivity contribution in [3.8, 4) is 0 Å². The van der Waals surface area contributed by atoms with Crippen LogP contribution < -0.4 is 0 Å². The van der Waals surface area contributed by atoms with Gasteiger partial charge in [0.2, 0.25) is 0 Å². The summed E-state index contributed by atoms with van der Waals surface area (Å²) in [6.45, 7) is 4.28. The first-order valence-electron chi connectivity index (χ1n) is 10.9. The molecule has 1 aliphatic heterocycles. The van der Waals surface area contributed by atoms with E-state index in [1.807, 2.05) is 29.2 Å². The normalized spacial score (nSPS) is 19.5. The van der Waals surface area contributed by atoms with Crippen LogP contribution >= 0.6 is 0 Å². The molecule has 1 aromatic carbocycles. The van der Waals surface area contributed by atoms with Crippen molar-refractivity contribution in [1.82, 2.24) is 24.8 Å². The maximum atomic E-state index is 12.9. The average molecular weight is 394 g/mol. The van der Waals surface area contributed by atoms with Crippen LogP contribution in [-0.4, -0.2) is 62.9 Å². The highest BCUT2D eigenvalue weighted by Gasteiger charge is 2.26. The van der Waals surface area contributed by atoms with Gasteiger partial charge in [0.1, 0.15) is 0 Å². The van der Waals surface area contributed by atoms with E-state index in [-0.39, 0.29) is 5.91 Å². The molecule has 0 N–H and O–H groups in total. The summed E-state index contributed by atoms with van der Waals surface area (Å²) in [4.78, 5) is 17.5. The summed E-state index contributed by atoms with van der Waals surface area (Å²) in [6.07, 6.45) is 13.6. The largest absolute Gasteiger partial charge is 0.336 e. The van der Waals surface area contributed by atoms with Gasteiger partial charge in [0.25, 0.3) is 5.91 Å². The van der Waals surface area contributed by atoms with Crippen molar-refractivity contribution < 1.29 is 4.79 Å². The highest BCUT2D eigenvalue weighted by atomic mass is 16.2. The summed E-state index contributed by atoms with van der Waals surface area (Å²) in [6, 6.07) is 10.9. The fourth-order valence-electron chi connectivity index (χ4n) is 4.46. The van der Waals surface area contributed by atoms with Crippen molar-refractivity contribution in [2.24, 2.45) is 0 Å². The lowest BCUT2D eigenvalue weighted by Gasteiger charge is -2.33. The van der Waals surface area contributed by atoms with Gasteiger partial charge in [-0.2, -0.15) is 0 Å². The number of rotatable bonds is 5. The second-order valence-electron chi connectivity index (χ2n) is 8.11. The van der Waals surface area contributed by atoms with Crippen LogP contribution in [0.2, 0.25) is 0 Å². The standard InChI is InChI=1S/C23H31N5O/c29-23(27-15-8-14-26(17-18-27)21-12-5-2-6-13-21)22-19-28(25-24-22)16-7-11-20-9-3-1-4-10-20/h1,3-4,7,9-11,19,21H,2,5-6,8,12-18H2. The molecule has 1 saturated heterocycles. The third-order valence-corrected chi connectivity index (χ3v) is 6.07. The Bertz CT molecular complexity index is 810. The smallest absolute Gasteiger partial charge is 0.276 e. The fraction of sp³-hybridized carbons (Fsp3) is 0.522. The first-order valence-corrected chi connectivity index (χ1v) is 10.9. The summed E-state index contributed by atoms with van der Waals surface area (Å²) in [5.41, 5.74) is 1.60. The monoisotopic (exact) mass is 393 g/mol. The Hall–Kier alpha value is -2.47. The van der Waals surface area contributed by atoms with Gasteiger partial charge in [-0.25, -0.2) is 4.68 Å². The Morgan fingerprint density at radius 1 is 1.00 bits per heavy atom. The molecular formula is C23H31N5O. The second kappa shape index (κ2) is 9.83. The summed E-state index contributed by atoms with van der Waals surface area (Å²) in [5, 5.41) is 8.26. The minimum Gasteiger partial charge on any atom is -0.336 e. The predicted molar refractivity (Wildman–Crippen MR) is 114 cm³/mol. The Balaban J connectivity index is 1.31. The molecule has 4 rings (SSSR count). The molecule has 2 aromatic rings. The van der Waals surface area contributed by atoms with Gasteiger partial charge in [-0.1, -0.05) is 67.0 Å². The topological polar surface area (TPSA) is 54.3 Å². The first kappa shape index (κ1) is 19.8. The van der Waals surface area contributed by atoms with Gasteiger partial charge >= 0.3 is 0 Å². The highest BCUT2D eigenvalue weighted by Crippen LogP contribution is 2.23. The zero-order chi connectivity index (χ0) is 19.9. The van der Waals surface area contributed by atoms with E-state index >= 15 is 0 Å². The number of carbonyl (C=O) groups is 1. The number of hydrogen-bond acceptors (Lipinski definition) is 4. The Kier molecular flexibility index (Phi) is 6.72. The van der Waals surface area contributed by atoms with Crippen LogP contribution in [0.4, 0.5) is 0 Å². The van der Waals surface area contributed by atoms with E-state index < -0.39 is 0 Å². The van der Waals surface area contributed by atoms with E-state index in [0.717, 1.165) is 44.2 Å². The Morgan fingerprint density at radius 2 is 1.83 bits per heavy atom. The molecule has 0 radical (unpaired) electrons. The van der Waals surface area contributed by atoms with Gasteiger partial charge in [-0.05, 0) is 24.8 Å². The number of benzene rings is 1. The van der Waals surface area contributed by atoms with E-state index in [1.165, 1.54) is 32.1 Å². The number of amides is 1. The van der Waals surface area contributed by atoms with Crippen LogP contribution in [0, 0.1) is 0 Å². The molecule has 1 saturated carbocycles. The van der Waals surface area contributed by atoms with Gasteiger partial charge in [-0.3, -0.25) is 9.69 Å². The Morgan fingerprint density at radius 3 is 2.66 bits per heavy atom. The minimum absolute atomic E-state index is 0.00813. The maximum absolute atomic E-state index is 12.9. The van der Waals surface area contributed by atoms with Crippen LogP contribution in [0.5, 0.6) is 0 Å². The summed E-state index contributed by atoms with van der Waals surface area (Å²) in [5.74, 6) is 0.00813. The molecule has 0 unspecified atom stereocenters. The van der Waals surface area contributed by atoms with Gasteiger partial charge in [0, 0.05) is 32.2 Å². The molecule has 1 aliphatic carbocycles. The van der Waals surface area contributed by atoms with Gasteiger partial charge in [-0.15, -0.1) is 5.10 Å². The molecule has 29 heavy (non-hydrogen) atoms. The van der Waals surface area contributed by atoms with Gasteiger partial charge < -0.3 is 4.90 Å². The van der Waals surface area contributed by atoms with Gasteiger partial charge in [0.05, 0.1) is 12.7 Å². The van der Waals surface area contributed by atoms with Crippen LogP contribution in [0.15, 0.2) is 42.6 Å². The average Bonchev–Trinajstić information content (AvgIpc) is 3.10. The molecular weight excluding hydrogens is 362 g/mol. The maximum Gasteiger partial charge on any atom is 0.276 e. The second-order valence-corrected chi connectivity index (χ2v) is 8.11. The molecule has 6 heteroatoms. The van der Waals surface area contributed by atoms with Crippen molar-refractivity contribution >= 4 is 12.0 Å². The lowest BCUT2D eigenvalue weighted by Crippen LogP contribution is -2.40. The minimum atomic E-state index is 0.00813. The van der Waals surface area contributed by atoms with Crippen molar-refractivity contribution in [3.05, 3.63) is 53.9 Å². The van der Waals surface area contributed by atoms with Crippen LogP contribution in [-0.2, 0) is 6.54 Å². The molecule has 0 spiro atoms. The third kappa shape index (κ3) is 5.32. The van der Waals surface area contributed by atoms with Crippen LogP contribution in [0.3, 0.4) is 0 Å². The molecule has 2 aliphatic rings. The summed E-state index contributed by atoms with van der Waals surface area (Å²) < 4.78 is 1.72. The highest BCUT2D eigenvalue weighted by molar-refractivity contribution is 5.91. The number of allylic oxidation sites excluding steroid dienone is 1. The van der Waals surface area contributed by atoms with Crippen LogP contribution in [0.25, 0.3) is 6.08 Å². The van der Waals surface area contributed by atoms with E-state index in [4.69, 9.17) is 0 Å². The van der Waals surface area contributed by atoms with E-state index in [9.17, 15) is 4.79 Å². The lowest BCUT2D eigenvalue weighted by atomic mass is 9.94. The van der Waals surface area contributed by atoms with E-state index in [1.54, 1.807) is 10.9 Å². The number of carbonyl (C=O) groups excluding carboxylic acids is 1. The molecule has 154 valence electrons. The van der Waals surface area contributed by atoms with Crippen molar-refractivity contribution in [2.45, 2.75) is 51.1 Å². The fourth-order valence-corrected chi connectivity index (χ4v) is 4.46. The Labute approximate surface area is 173 Å². The van der Waals surface area contributed by atoms with Crippen molar-refractivity contribution in [2.75, 3.05) is 26.2 Å². The molecule has 2 heterocycles. The summed E-state index contributed by atoms with van der Waals surface area (Å²) >= 11 is 0. The number of nitrogens with zero attached hydrogens (tertiary/aromatic N) is 5. The first-order chi connectivity index (χ1) is 14.3. The zero-order valence-electron chi connectivity index (χ0n) is 17.1. The zero-order valence-corrected chi connectivity index (χ0v) is 17.1. The van der Waals surface area contributed by atoms with E-state index in [2.05, 4.69) is 33.4 Å². The molecule has 1 amide bonds. The molecule has 1 aromatic heterocycles. The number of hydrogen-bond donors (Lipinski definition) is 0. The van der Waals surface area contributed by atoms with Gasteiger partial charge in [0.15, 0.2) is 5.69 Å². The molecule has 6 nitrogen and oxygen atoms in total. The van der Waals surface area contributed by atoms with Crippen LogP contribution in [0.1, 0.15) is 54.6 Å². The lowest BCUT2D eigenvalue weighted by molar-refractivity contribution is 0.0749. The molecule has 0 atom stereocenters. The van der Waals surface area contributed by atoms with E-state index in [0.29, 0.717) is 12.2 Å². The molecule has 2 fully saturated rings. The summed E-state index contributed by atoms with van der Waals surface area (Å²) in [7, 11) is 0. The molecule has 0 bridgehead atoms. The quantitative estimate of drug-likeness (QED) is 0.781. The third-order valence-electron chi connectivity index (χ3n) is 6.07. The number of aromatic nitrogens is 3.